The number of rotatable bonds is 7. The van der Waals surface area contributed by atoms with E-state index in [-0.39, 0.29) is 22.0 Å². The van der Waals surface area contributed by atoms with Crippen molar-refractivity contribution >= 4 is 48.3 Å². The Balaban J connectivity index is 2.82. The molecule has 0 saturated heterocycles. The number of aromatic nitrogens is 2. The van der Waals surface area contributed by atoms with Crippen molar-refractivity contribution in [2.24, 2.45) is 0 Å². The highest BCUT2D eigenvalue weighted by molar-refractivity contribution is 9.09. The van der Waals surface area contributed by atoms with E-state index in [1.165, 1.54) is 14.0 Å². The van der Waals surface area contributed by atoms with Crippen LogP contribution < -0.4 is 10.0 Å². The molecule has 1 aromatic rings. The first-order valence-electron chi connectivity index (χ1n) is 5.07. The van der Waals surface area contributed by atoms with Crippen molar-refractivity contribution in [2.75, 3.05) is 24.4 Å². The molecule has 0 spiro atoms. The first-order valence-corrected chi connectivity index (χ1v) is 8.49. The number of amides is 1. The standard InChI is InChI=1S/C8H13BrN4O4S2/c1-5(14)10-7-11-12-8(18-7)19(15,16)13-6(3-9)4-17-2/h6,13H,3-4H2,1-2H3,(H,10,11,14). The summed E-state index contributed by atoms with van der Waals surface area (Å²) in [5.74, 6) is -0.342. The minimum atomic E-state index is -3.78. The maximum atomic E-state index is 12.0. The lowest BCUT2D eigenvalue weighted by Gasteiger charge is -2.13. The number of halogens is 1. The predicted octanol–water partition coefficient (Wildman–Crippen LogP) is 0.185. The molecule has 19 heavy (non-hydrogen) atoms. The summed E-state index contributed by atoms with van der Waals surface area (Å²) >= 11 is 3.96. The fourth-order valence-corrected chi connectivity index (χ4v) is 3.85. The van der Waals surface area contributed by atoms with Crippen LogP contribution in [-0.4, -0.2) is 49.6 Å². The average molecular weight is 373 g/mol. The molecule has 0 saturated carbocycles. The number of methoxy groups -OCH3 is 1. The van der Waals surface area contributed by atoms with Gasteiger partial charge in [-0.15, -0.1) is 10.2 Å². The van der Waals surface area contributed by atoms with Crippen LogP contribution in [0, 0.1) is 0 Å². The van der Waals surface area contributed by atoms with Crippen LogP contribution >= 0.6 is 27.3 Å². The second-order valence-electron chi connectivity index (χ2n) is 3.48. The van der Waals surface area contributed by atoms with Gasteiger partial charge >= 0.3 is 0 Å². The van der Waals surface area contributed by atoms with Crippen molar-refractivity contribution < 1.29 is 17.9 Å². The van der Waals surface area contributed by atoms with Crippen LogP contribution in [0.4, 0.5) is 5.13 Å². The van der Waals surface area contributed by atoms with Gasteiger partial charge in [0.05, 0.1) is 12.6 Å². The summed E-state index contributed by atoms with van der Waals surface area (Å²) in [4.78, 5) is 10.8. The number of alkyl halides is 1. The summed E-state index contributed by atoms with van der Waals surface area (Å²) in [7, 11) is -2.30. The maximum Gasteiger partial charge on any atom is 0.270 e. The Morgan fingerprint density at radius 2 is 2.21 bits per heavy atom. The van der Waals surface area contributed by atoms with E-state index in [4.69, 9.17) is 4.74 Å². The van der Waals surface area contributed by atoms with Crippen molar-refractivity contribution in [1.82, 2.24) is 14.9 Å². The quantitative estimate of drug-likeness (QED) is 0.521. The Hall–Kier alpha value is -0.620. The molecule has 0 bridgehead atoms. The summed E-state index contributed by atoms with van der Waals surface area (Å²) in [5, 5.41) is 10.0. The monoisotopic (exact) mass is 372 g/mol. The third-order valence-electron chi connectivity index (χ3n) is 1.80. The van der Waals surface area contributed by atoms with Gasteiger partial charge in [-0.05, 0) is 0 Å². The summed E-state index contributed by atoms with van der Waals surface area (Å²) < 4.78 is 31.1. The van der Waals surface area contributed by atoms with Gasteiger partial charge in [-0.2, -0.15) is 0 Å². The van der Waals surface area contributed by atoms with E-state index in [0.29, 0.717) is 5.33 Å². The van der Waals surface area contributed by atoms with Crippen molar-refractivity contribution in [3.05, 3.63) is 0 Å². The molecule has 2 N–H and O–H groups in total. The molecule has 1 rings (SSSR count). The summed E-state index contributed by atoms with van der Waals surface area (Å²) in [6, 6.07) is -0.414. The van der Waals surface area contributed by atoms with E-state index in [2.05, 4.69) is 36.2 Å². The largest absolute Gasteiger partial charge is 0.383 e. The van der Waals surface area contributed by atoms with E-state index >= 15 is 0 Å². The van der Waals surface area contributed by atoms with Gasteiger partial charge in [0.1, 0.15) is 0 Å². The van der Waals surface area contributed by atoms with E-state index < -0.39 is 16.1 Å². The average Bonchev–Trinajstić information content (AvgIpc) is 2.76. The molecule has 1 atom stereocenters. The van der Waals surface area contributed by atoms with E-state index in [1.807, 2.05) is 0 Å². The number of hydrogen-bond donors (Lipinski definition) is 2. The van der Waals surface area contributed by atoms with Crippen LogP contribution in [0.15, 0.2) is 4.34 Å². The van der Waals surface area contributed by atoms with Crippen LogP contribution in [0.1, 0.15) is 6.92 Å². The minimum Gasteiger partial charge on any atom is -0.383 e. The number of sulfonamides is 1. The predicted molar refractivity (Wildman–Crippen MR) is 74.0 cm³/mol. The molecule has 8 nitrogen and oxygen atoms in total. The lowest BCUT2D eigenvalue weighted by Crippen LogP contribution is -2.39. The Bertz CT molecular complexity index is 533. The molecule has 108 valence electrons. The lowest BCUT2D eigenvalue weighted by atomic mass is 10.4. The molecule has 0 fully saturated rings. The van der Waals surface area contributed by atoms with Gasteiger partial charge in [0.2, 0.25) is 15.4 Å². The highest BCUT2D eigenvalue weighted by Gasteiger charge is 2.24. The molecule has 0 radical (unpaired) electrons. The number of carbonyl (C=O) groups excluding carboxylic acids is 1. The molecule has 11 heteroatoms. The Morgan fingerprint density at radius 1 is 1.53 bits per heavy atom. The summed E-state index contributed by atoms with van der Waals surface area (Å²) in [6.45, 7) is 1.52. The van der Waals surface area contributed by atoms with E-state index in [1.54, 1.807) is 0 Å². The van der Waals surface area contributed by atoms with Crippen LogP contribution in [0.5, 0.6) is 0 Å². The van der Waals surface area contributed by atoms with Crippen molar-refractivity contribution in [3.8, 4) is 0 Å². The smallest absolute Gasteiger partial charge is 0.270 e. The van der Waals surface area contributed by atoms with Gasteiger partial charge in [0, 0.05) is 19.4 Å². The first kappa shape index (κ1) is 16.4. The Labute approximate surface area is 123 Å². The minimum absolute atomic E-state index is 0.134. The normalized spacial score (nSPS) is 13.2. The van der Waals surface area contributed by atoms with Crippen molar-refractivity contribution in [2.45, 2.75) is 17.3 Å². The topological polar surface area (TPSA) is 110 Å². The highest BCUT2D eigenvalue weighted by Crippen LogP contribution is 2.19. The molecule has 0 aliphatic heterocycles. The van der Waals surface area contributed by atoms with Crippen molar-refractivity contribution in [3.63, 3.8) is 0 Å². The second-order valence-corrected chi connectivity index (χ2v) is 6.99. The summed E-state index contributed by atoms with van der Waals surface area (Å²) in [6.07, 6.45) is 0. The van der Waals surface area contributed by atoms with Crippen LogP contribution in [0.2, 0.25) is 0 Å². The van der Waals surface area contributed by atoms with Gasteiger partial charge in [-0.25, -0.2) is 13.1 Å². The van der Waals surface area contributed by atoms with Gasteiger partial charge in [0.25, 0.3) is 10.0 Å². The van der Waals surface area contributed by atoms with Gasteiger partial charge in [0.15, 0.2) is 0 Å². The lowest BCUT2D eigenvalue weighted by molar-refractivity contribution is -0.114. The zero-order valence-corrected chi connectivity index (χ0v) is 13.4. The van der Waals surface area contributed by atoms with Crippen molar-refractivity contribution in [1.29, 1.82) is 0 Å². The number of nitrogens with one attached hydrogen (secondary N) is 2. The molecule has 1 unspecified atom stereocenters. The van der Waals surface area contributed by atoms with Gasteiger partial charge in [-0.3, -0.25) is 4.79 Å². The zero-order chi connectivity index (χ0) is 14.5. The molecule has 1 aromatic heterocycles. The third kappa shape index (κ3) is 5.10. The van der Waals surface area contributed by atoms with Gasteiger partial charge < -0.3 is 10.1 Å². The highest BCUT2D eigenvalue weighted by atomic mass is 79.9. The molecule has 1 amide bonds. The van der Waals surface area contributed by atoms with Crippen LogP contribution in [-0.2, 0) is 19.6 Å². The molecule has 1 heterocycles. The third-order valence-corrected chi connectivity index (χ3v) is 5.30. The summed E-state index contributed by atoms with van der Waals surface area (Å²) in [5.41, 5.74) is 0. The fourth-order valence-electron chi connectivity index (χ4n) is 1.10. The number of carbonyl (C=O) groups is 1. The van der Waals surface area contributed by atoms with Gasteiger partial charge in [-0.1, -0.05) is 27.3 Å². The number of ether oxygens (including phenoxy) is 1. The Kier molecular flexibility index (Phi) is 6.26. The number of hydrogen-bond acceptors (Lipinski definition) is 7. The zero-order valence-electron chi connectivity index (χ0n) is 10.2. The number of nitrogens with zero attached hydrogens (tertiary/aromatic N) is 2. The molecule has 0 aliphatic rings. The molecular weight excluding hydrogens is 360 g/mol. The molecular formula is C8H13BrN4O4S2. The fraction of sp³-hybridized carbons (Fsp3) is 0.625. The van der Waals surface area contributed by atoms with E-state index in [0.717, 1.165) is 11.3 Å². The van der Waals surface area contributed by atoms with Crippen LogP contribution in [0.3, 0.4) is 0 Å². The SMILES string of the molecule is COCC(CBr)NS(=O)(=O)c1nnc(NC(C)=O)s1. The first-order chi connectivity index (χ1) is 8.89. The Morgan fingerprint density at radius 3 is 2.74 bits per heavy atom. The van der Waals surface area contributed by atoms with E-state index in [9.17, 15) is 13.2 Å². The molecule has 0 aliphatic carbocycles. The molecule has 0 aromatic carbocycles. The number of anilines is 1. The second kappa shape index (κ2) is 7.24. The van der Waals surface area contributed by atoms with Crippen LogP contribution in [0.25, 0.3) is 0 Å². The maximum absolute atomic E-state index is 12.0.